The van der Waals surface area contributed by atoms with Crippen LogP contribution in [-0.4, -0.2) is 25.0 Å². The summed E-state index contributed by atoms with van der Waals surface area (Å²) in [5.74, 6) is 0.484. The van der Waals surface area contributed by atoms with E-state index in [-0.39, 0.29) is 0 Å². The molecule has 2 heterocycles. The summed E-state index contributed by atoms with van der Waals surface area (Å²) in [5, 5.41) is 14.7. The zero-order valence-electron chi connectivity index (χ0n) is 5.62. The molecular formula is C6H5N5. The van der Waals surface area contributed by atoms with Gasteiger partial charge in [0.2, 0.25) is 0 Å². The van der Waals surface area contributed by atoms with Crippen molar-refractivity contribution in [2.24, 2.45) is 0 Å². The molecule has 5 nitrogen and oxygen atoms in total. The van der Waals surface area contributed by atoms with E-state index in [1.54, 1.807) is 4.57 Å². The Balaban J connectivity index is 2.46. The van der Waals surface area contributed by atoms with Gasteiger partial charge in [0.25, 0.3) is 5.95 Å². The first-order valence-electron chi connectivity index (χ1n) is 3.10. The van der Waals surface area contributed by atoms with Gasteiger partial charge in [0.05, 0.1) is 0 Å². The van der Waals surface area contributed by atoms with Crippen LogP contribution < -0.4 is 0 Å². The molecule has 0 unspecified atom stereocenters. The first-order chi connectivity index (χ1) is 5.47. The minimum atomic E-state index is 0.484. The molecule has 2 aromatic rings. The fraction of sp³-hybridized carbons (Fsp3) is 0. The summed E-state index contributed by atoms with van der Waals surface area (Å²) in [7, 11) is 0. The van der Waals surface area contributed by atoms with E-state index in [2.05, 4.69) is 20.4 Å². The lowest BCUT2D eigenvalue weighted by atomic mass is 10.7. The van der Waals surface area contributed by atoms with E-state index in [1.807, 2.05) is 24.5 Å². The Morgan fingerprint density at radius 3 is 2.27 bits per heavy atom. The number of hydrogen-bond donors (Lipinski definition) is 0. The van der Waals surface area contributed by atoms with Crippen LogP contribution in [0.1, 0.15) is 0 Å². The molecule has 5 heteroatoms. The molecule has 0 aliphatic rings. The molecule has 2 rings (SSSR count). The lowest BCUT2D eigenvalue weighted by molar-refractivity contribution is 0.782. The highest BCUT2D eigenvalue weighted by atomic mass is 15.3. The van der Waals surface area contributed by atoms with E-state index in [4.69, 9.17) is 0 Å². The molecule has 0 radical (unpaired) electrons. The molecule has 0 aliphatic heterocycles. The average molecular weight is 147 g/mol. The van der Waals surface area contributed by atoms with E-state index < -0.39 is 0 Å². The number of rotatable bonds is 1. The summed E-state index contributed by atoms with van der Waals surface area (Å²) in [6, 6.07) is 3.77. The van der Waals surface area contributed by atoms with Crippen LogP contribution in [0.25, 0.3) is 5.95 Å². The van der Waals surface area contributed by atoms with Gasteiger partial charge in [-0.2, -0.15) is 0 Å². The minimum absolute atomic E-state index is 0.484. The largest absolute Gasteiger partial charge is 0.290 e. The van der Waals surface area contributed by atoms with Crippen molar-refractivity contribution < 1.29 is 0 Å². The topological polar surface area (TPSA) is 56.5 Å². The Kier molecular flexibility index (Phi) is 1.33. The molecule has 0 atom stereocenters. The third kappa shape index (κ3) is 1.07. The van der Waals surface area contributed by atoms with Gasteiger partial charge in [-0.15, -0.1) is 20.4 Å². The van der Waals surface area contributed by atoms with Crippen LogP contribution in [0.3, 0.4) is 0 Å². The van der Waals surface area contributed by atoms with Gasteiger partial charge in [-0.1, -0.05) is 0 Å². The molecule has 0 fully saturated rings. The summed E-state index contributed by atoms with van der Waals surface area (Å²) in [6.07, 6.45) is 4.96. The molecule has 0 saturated carbocycles. The first-order valence-corrected chi connectivity index (χ1v) is 3.10. The van der Waals surface area contributed by atoms with Crippen molar-refractivity contribution in [3.63, 3.8) is 0 Å². The maximum absolute atomic E-state index is 3.76. The third-order valence-corrected chi connectivity index (χ3v) is 1.23. The summed E-state index contributed by atoms with van der Waals surface area (Å²) in [4.78, 5) is 0. The molecule has 2 aromatic heterocycles. The molecule has 0 N–H and O–H groups in total. The predicted molar refractivity (Wildman–Crippen MR) is 36.9 cm³/mol. The monoisotopic (exact) mass is 147 g/mol. The average Bonchev–Trinajstić information content (AvgIpc) is 2.58. The second kappa shape index (κ2) is 2.45. The molecule has 54 valence electrons. The van der Waals surface area contributed by atoms with E-state index >= 15 is 0 Å². The van der Waals surface area contributed by atoms with Gasteiger partial charge in [-0.05, 0) is 12.1 Å². The lowest BCUT2D eigenvalue weighted by Gasteiger charge is -1.94. The van der Waals surface area contributed by atoms with Crippen LogP contribution in [-0.2, 0) is 0 Å². The number of nitrogens with zero attached hydrogens (tertiary/aromatic N) is 5. The Morgan fingerprint density at radius 2 is 1.64 bits per heavy atom. The van der Waals surface area contributed by atoms with Crippen molar-refractivity contribution in [2.75, 3.05) is 0 Å². The van der Waals surface area contributed by atoms with Crippen molar-refractivity contribution in [3.05, 3.63) is 30.9 Å². The SMILES string of the molecule is c1ccn(-c2nncnn2)c1. The number of aromatic nitrogens is 5. The first kappa shape index (κ1) is 5.96. The smallest absolute Gasteiger partial charge is 0.272 e. The maximum atomic E-state index is 3.76. The highest BCUT2D eigenvalue weighted by Gasteiger charge is 1.95. The molecule has 0 bridgehead atoms. The van der Waals surface area contributed by atoms with Gasteiger partial charge >= 0.3 is 0 Å². The predicted octanol–water partition coefficient (Wildman–Crippen LogP) is 0.0573. The molecule has 0 amide bonds. The van der Waals surface area contributed by atoms with E-state index in [0.29, 0.717) is 5.95 Å². The fourth-order valence-electron chi connectivity index (χ4n) is 0.769. The highest BCUT2D eigenvalue weighted by molar-refractivity contribution is 5.08. The quantitative estimate of drug-likeness (QED) is 0.572. The van der Waals surface area contributed by atoms with Crippen molar-refractivity contribution >= 4 is 0 Å². The molecule has 0 saturated heterocycles. The van der Waals surface area contributed by atoms with Crippen LogP contribution in [0, 0.1) is 0 Å². The Hall–Kier alpha value is -1.78. The van der Waals surface area contributed by atoms with E-state index in [0.717, 1.165) is 0 Å². The Morgan fingerprint density at radius 1 is 1.00 bits per heavy atom. The lowest BCUT2D eigenvalue weighted by Crippen LogP contribution is -2.00. The van der Waals surface area contributed by atoms with Crippen LogP contribution in [0.5, 0.6) is 0 Å². The van der Waals surface area contributed by atoms with Gasteiger partial charge in [0, 0.05) is 12.4 Å². The normalized spacial score (nSPS) is 9.82. The van der Waals surface area contributed by atoms with Gasteiger partial charge in [0.15, 0.2) is 6.33 Å². The zero-order chi connectivity index (χ0) is 7.52. The maximum Gasteiger partial charge on any atom is 0.272 e. The van der Waals surface area contributed by atoms with Crippen molar-refractivity contribution in [2.45, 2.75) is 0 Å². The number of hydrogen-bond acceptors (Lipinski definition) is 4. The van der Waals surface area contributed by atoms with E-state index in [9.17, 15) is 0 Å². The Labute approximate surface area is 62.7 Å². The highest BCUT2D eigenvalue weighted by Crippen LogP contribution is 1.95. The van der Waals surface area contributed by atoms with Gasteiger partial charge in [0.1, 0.15) is 0 Å². The Bertz CT molecular complexity index is 314. The van der Waals surface area contributed by atoms with Crippen LogP contribution in [0.4, 0.5) is 0 Å². The molecule has 0 spiro atoms. The van der Waals surface area contributed by atoms with Gasteiger partial charge in [-0.3, -0.25) is 4.57 Å². The molecule has 0 aliphatic carbocycles. The molecule has 11 heavy (non-hydrogen) atoms. The summed E-state index contributed by atoms with van der Waals surface area (Å²) >= 11 is 0. The van der Waals surface area contributed by atoms with Crippen molar-refractivity contribution in [1.82, 2.24) is 25.0 Å². The van der Waals surface area contributed by atoms with Gasteiger partial charge < -0.3 is 0 Å². The standard InChI is InChI=1S/C6H5N5/c1-2-4-11(3-1)6-9-7-5-8-10-6/h1-5H. The van der Waals surface area contributed by atoms with Crippen molar-refractivity contribution in [1.29, 1.82) is 0 Å². The second-order valence-electron chi connectivity index (χ2n) is 1.94. The van der Waals surface area contributed by atoms with E-state index in [1.165, 1.54) is 6.33 Å². The van der Waals surface area contributed by atoms with Crippen LogP contribution >= 0.6 is 0 Å². The fourth-order valence-corrected chi connectivity index (χ4v) is 0.769. The third-order valence-electron chi connectivity index (χ3n) is 1.23. The van der Waals surface area contributed by atoms with Gasteiger partial charge in [-0.25, -0.2) is 0 Å². The summed E-state index contributed by atoms with van der Waals surface area (Å²) in [6.45, 7) is 0. The minimum Gasteiger partial charge on any atom is -0.290 e. The molecule has 0 aromatic carbocycles. The molecular weight excluding hydrogens is 142 g/mol. The zero-order valence-corrected chi connectivity index (χ0v) is 5.62. The summed E-state index contributed by atoms with van der Waals surface area (Å²) in [5.41, 5.74) is 0. The summed E-state index contributed by atoms with van der Waals surface area (Å²) < 4.78 is 1.74. The van der Waals surface area contributed by atoms with Crippen molar-refractivity contribution in [3.8, 4) is 5.95 Å². The van der Waals surface area contributed by atoms with Crippen LogP contribution in [0.2, 0.25) is 0 Å². The second-order valence-corrected chi connectivity index (χ2v) is 1.94. The van der Waals surface area contributed by atoms with Crippen LogP contribution in [0.15, 0.2) is 30.9 Å².